The molecular weight excluding hydrogens is 242 g/mol. The average Bonchev–Trinajstić information content (AvgIpc) is 2.64. The van der Waals surface area contributed by atoms with Gasteiger partial charge in [0.15, 0.2) is 0 Å². The van der Waals surface area contributed by atoms with Gasteiger partial charge >= 0.3 is 5.97 Å². The molecule has 5 nitrogen and oxygen atoms in total. The van der Waals surface area contributed by atoms with E-state index in [1.807, 2.05) is 6.92 Å². The number of nitrogen functional groups attached to an aromatic ring is 1. The molecule has 17 heavy (non-hydrogen) atoms. The van der Waals surface area contributed by atoms with Gasteiger partial charge in [0.1, 0.15) is 0 Å². The summed E-state index contributed by atoms with van der Waals surface area (Å²) < 4.78 is 0. The number of halogens is 1. The third kappa shape index (κ3) is 2.22. The zero-order valence-corrected chi connectivity index (χ0v) is 10.0. The Morgan fingerprint density at radius 3 is 2.82 bits per heavy atom. The second kappa shape index (κ2) is 4.52. The molecule has 1 aliphatic rings. The van der Waals surface area contributed by atoms with Crippen LogP contribution in [-0.2, 0) is 4.79 Å². The van der Waals surface area contributed by atoms with E-state index in [-0.39, 0.29) is 12.1 Å². The Morgan fingerprint density at radius 2 is 2.18 bits per heavy atom. The third-order valence-corrected chi connectivity index (χ3v) is 3.35. The summed E-state index contributed by atoms with van der Waals surface area (Å²) >= 11 is 6.08. The minimum absolute atomic E-state index is 0.171. The Bertz CT molecular complexity index is 452. The molecule has 0 bridgehead atoms. The lowest BCUT2D eigenvalue weighted by molar-refractivity contribution is -0.142. The Balaban J connectivity index is 2.39. The minimum atomic E-state index is -0.863. The van der Waals surface area contributed by atoms with Crippen LogP contribution in [0.15, 0.2) is 18.2 Å². The molecule has 92 valence electrons. The first kappa shape index (κ1) is 12.2. The molecule has 0 radical (unpaired) electrons. The van der Waals surface area contributed by atoms with E-state index in [0.717, 1.165) is 0 Å². The van der Waals surface area contributed by atoms with Gasteiger partial charge in [0, 0.05) is 16.8 Å². The van der Waals surface area contributed by atoms with Crippen molar-refractivity contribution >= 4 is 23.3 Å². The number of carboxylic acids is 1. The van der Waals surface area contributed by atoms with Crippen LogP contribution in [0.5, 0.6) is 0 Å². The molecule has 6 heteroatoms. The maximum absolute atomic E-state index is 11.2. The molecule has 0 amide bonds. The summed E-state index contributed by atoms with van der Waals surface area (Å²) in [6.07, 6.45) is 0. The highest BCUT2D eigenvalue weighted by Gasteiger charge is 2.40. The zero-order chi connectivity index (χ0) is 12.6. The molecule has 1 saturated heterocycles. The fourth-order valence-electron chi connectivity index (χ4n) is 2.12. The van der Waals surface area contributed by atoms with E-state index in [1.54, 1.807) is 18.2 Å². The highest BCUT2D eigenvalue weighted by molar-refractivity contribution is 6.31. The number of anilines is 1. The predicted octanol–water partition coefficient (Wildman–Crippen LogP) is 1.16. The highest BCUT2D eigenvalue weighted by Crippen LogP contribution is 2.34. The molecule has 3 atom stereocenters. The van der Waals surface area contributed by atoms with Gasteiger partial charge in [0.2, 0.25) is 0 Å². The fourth-order valence-corrected chi connectivity index (χ4v) is 2.35. The molecule has 1 aromatic carbocycles. The summed E-state index contributed by atoms with van der Waals surface area (Å²) in [5.41, 5.74) is 12.8. The first-order chi connectivity index (χ1) is 8.00. The van der Waals surface area contributed by atoms with Crippen molar-refractivity contribution in [3.05, 3.63) is 28.8 Å². The van der Waals surface area contributed by atoms with Crippen molar-refractivity contribution in [2.75, 3.05) is 5.73 Å². The monoisotopic (exact) mass is 255 g/mol. The average molecular weight is 256 g/mol. The van der Waals surface area contributed by atoms with Gasteiger partial charge in [-0.2, -0.15) is 0 Å². The van der Waals surface area contributed by atoms with Crippen LogP contribution in [0.2, 0.25) is 5.02 Å². The molecule has 3 unspecified atom stereocenters. The van der Waals surface area contributed by atoms with Crippen LogP contribution < -0.4 is 16.6 Å². The summed E-state index contributed by atoms with van der Waals surface area (Å²) in [5, 5.41) is 9.73. The van der Waals surface area contributed by atoms with E-state index in [9.17, 15) is 9.90 Å². The number of nitrogens with one attached hydrogen (secondary N) is 2. The molecule has 0 aromatic heterocycles. The van der Waals surface area contributed by atoms with Crippen molar-refractivity contribution in [3.8, 4) is 0 Å². The Hall–Kier alpha value is -1.30. The van der Waals surface area contributed by atoms with Crippen molar-refractivity contribution in [3.63, 3.8) is 0 Å². The summed E-state index contributed by atoms with van der Waals surface area (Å²) in [7, 11) is 0. The van der Waals surface area contributed by atoms with Gasteiger partial charge in [-0.15, -0.1) is 0 Å². The van der Waals surface area contributed by atoms with Crippen molar-refractivity contribution in [2.24, 2.45) is 5.92 Å². The Labute approximate surface area is 104 Å². The topological polar surface area (TPSA) is 87.4 Å². The number of carbonyl (C=O) groups is 1. The number of hydrazine groups is 1. The highest BCUT2D eigenvalue weighted by atomic mass is 35.5. The molecular formula is C11H14ClN3O2. The summed E-state index contributed by atoms with van der Waals surface area (Å²) in [4.78, 5) is 11.2. The lowest BCUT2D eigenvalue weighted by Crippen LogP contribution is -2.30. The maximum atomic E-state index is 11.2. The van der Waals surface area contributed by atoms with Crippen molar-refractivity contribution in [1.82, 2.24) is 10.9 Å². The lowest BCUT2D eigenvalue weighted by atomic mass is 9.90. The molecule has 1 aromatic rings. The van der Waals surface area contributed by atoms with E-state index >= 15 is 0 Å². The summed E-state index contributed by atoms with van der Waals surface area (Å²) in [6, 6.07) is 4.52. The van der Waals surface area contributed by atoms with Gasteiger partial charge in [-0.25, -0.2) is 5.43 Å². The second-order valence-electron chi connectivity index (χ2n) is 4.20. The van der Waals surface area contributed by atoms with Crippen LogP contribution >= 0.6 is 11.6 Å². The minimum Gasteiger partial charge on any atom is -0.481 e. The summed E-state index contributed by atoms with van der Waals surface area (Å²) in [5.74, 6) is -1.44. The van der Waals surface area contributed by atoms with Gasteiger partial charge in [0.25, 0.3) is 0 Å². The van der Waals surface area contributed by atoms with Gasteiger partial charge in [-0.05, 0) is 30.7 Å². The van der Waals surface area contributed by atoms with Crippen LogP contribution in [0.1, 0.15) is 18.5 Å². The van der Waals surface area contributed by atoms with Crippen molar-refractivity contribution < 1.29 is 9.90 Å². The van der Waals surface area contributed by atoms with Gasteiger partial charge in [0.05, 0.1) is 12.0 Å². The number of nitrogens with two attached hydrogens (primary N) is 1. The summed E-state index contributed by atoms with van der Waals surface area (Å²) in [6.45, 7) is 1.81. The first-order valence-electron chi connectivity index (χ1n) is 5.29. The number of hydrogen-bond donors (Lipinski definition) is 4. The number of benzene rings is 1. The maximum Gasteiger partial charge on any atom is 0.310 e. The number of rotatable bonds is 2. The number of aliphatic carboxylic acids is 1. The van der Waals surface area contributed by atoms with Gasteiger partial charge in [-0.1, -0.05) is 11.6 Å². The lowest BCUT2D eigenvalue weighted by Gasteiger charge is -2.18. The standard InChI is InChI=1S/C11H14ClN3O2/c1-5-9(11(16)17)10(15-14-5)7-4-6(13)2-3-8(7)12/h2-5,9-10,14-15H,13H2,1H3,(H,16,17). The first-order valence-corrected chi connectivity index (χ1v) is 5.67. The molecule has 0 saturated carbocycles. The van der Waals surface area contributed by atoms with Gasteiger partial charge in [-0.3, -0.25) is 10.2 Å². The fraction of sp³-hybridized carbons (Fsp3) is 0.364. The molecule has 5 N–H and O–H groups in total. The quantitative estimate of drug-likeness (QED) is 0.596. The van der Waals surface area contributed by atoms with Crippen molar-refractivity contribution in [1.29, 1.82) is 0 Å². The second-order valence-corrected chi connectivity index (χ2v) is 4.61. The van der Waals surface area contributed by atoms with Crippen LogP contribution in [0.4, 0.5) is 5.69 Å². The zero-order valence-electron chi connectivity index (χ0n) is 9.27. The largest absolute Gasteiger partial charge is 0.481 e. The number of carboxylic acid groups (broad SMARTS) is 1. The number of hydrogen-bond acceptors (Lipinski definition) is 4. The Kier molecular flexibility index (Phi) is 3.24. The predicted molar refractivity (Wildman–Crippen MR) is 65.5 cm³/mol. The van der Waals surface area contributed by atoms with E-state index < -0.39 is 11.9 Å². The Morgan fingerprint density at radius 1 is 1.47 bits per heavy atom. The van der Waals surface area contributed by atoms with Crippen LogP contribution in [-0.4, -0.2) is 17.1 Å². The third-order valence-electron chi connectivity index (χ3n) is 3.00. The molecule has 1 aliphatic heterocycles. The van der Waals surface area contributed by atoms with Crippen molar-refractivity contribution in [2.45, 2.75) is 19.0 Å². The molecule has 2 rings (SSSR count). The van der Waals surface area contributed by atoms with E-state index in [2.05, 4.69) is 10.9 Å². The van der Waals surface area contributed by atoms with Gasteiger partial charge < -0.3 is 10.8 Å². The molecule has 0 spiro atoms. The van der Waals surface area contributed by atoms with Crippen LogP contribution in [0.25, 0.3) is 0 Å². The van der Waals surface area contributed by atoms with E-state index in [0.29, 0.717) is 16.3 Å². The normalized spacial score (nSPS) is 28.2. The van der Waals surface area contributed by atoms with Crippen LogP contribution in [0, 0.1) is 5.92 Å². The van der Waals surface area contributed by atoms with E-state index in [1.165, 1.54) is 0 Å². The molecule has 1 heterocycles. The van der Waals surface area contributed by atoms with Crippen LogP contribution in [0.3, 0.4) is 0 Å². The van der Waals surface area contributed by atoms with E-state index in [4.69, 9.17) is 17.3 Å². The SMILES string of the molecule is CC1NNC(c2cc(N)ccc2Cl)C1C(=O)O. The molecule has 0 aliphatic carbocycles. The molecule has 1 fully saturated rings. The smallest absolute Gasteiger partial charge is 0.310 e.